The van der Waals surface area contributed by atoms with E-state index in [0.29, 0.717) is 12.3 Å². The van der Waals surface area contributed by atoms with Gasteiger partial charge in [0.15, 0.2) is 0 Å². The molecule has 5 N–H and O–H groups in total. The molecule has 1 saturated heterocycles. The van der Waals surface area contributed by atoms with Crippen LogP contribution in [0.5, 0.6) is 5.88 Å². The number of aromatic amines is 1. The van der Waals surface area contributed by atoms with Gasteiger partial charge in [0.2, 0.25) is 12.2 Å². The SMILES string of the molecule is CC(C)c1ccc(Cc2c(O[C@@H]3O[C@H](CO)[C@@H](O)[C@H](O)[C@H]3O)n[nH]c2-c2ccccc2)cc1. The maximum absolute atomic E-state index is 10.4. The topological polar surface area (TPSA) is 128 Å². The Morgan fingerprint density at radius 1 is 0.970 bits per heavy atom. The van der Waals surface area contributed by atoms with Gasteiger partial charge in [-0.3, -0.25) is 5.10 Å². The zero-order valence-electron chi connectivity index (χ0n) is 18.6. The fraction of sp³-hybridized carbons (Fsp3) is 0.400. The van der Waals surface area contributed by atoms with E-state index in [1.54, 1.807) is 0 Å². The largest absolute Gasteiger partial charge is 0.443 e. The first-order chi connectivity index (χ1) is 15.9. The first-order valence-electron chi connectivity index (χ1n) is 11.1. The van der Waals surface area contributed by atoms with Gasteiger partial charge in [-0.25, -0.2) is 0 Å². The van der Waals surface area contributed by atoms with E-state index in [1.807, 2.05) is 30.3 Å². The molecule has 0 saturated carbocycles. The summed E-state index contributed by atoms with van der Waals surface area (Å²) in [5.41, 5.74) is 4.74. The summed E-state index contributed by atoms with van der Waals surface area (Å²) in [6, 6.07) is 18.0. The maximum atomic E-state index is 10.4. The van der Waals surface area contributed by atoms with Crippen LogP contribution in [0.4, 0.5) is 0 Å². The van der Waals surface area contributed by atoms with Gasteiger partial charge in [0, 0.05) is 12.0 Å². The lowest BCUT2D eigenvalue weighted by molar-refractivity contribution is -0.278. The molecule has 0 aliphatic carbocycles. The fourth-order valence-corrected chi connectivity index (χ4v) is 3.95. The Balaban J connectivity index is 1.66. The van der Waals surface area contributed by atoms with Gasteiger partial charge in [-0.15, -0.1) is 5.10 Å². The van der Waals surface area contributed by atoms with Crippen molar-refractivity contribution in [2.75, 3.05) is 6.61 Å². The molecule has 1 aliphatic rings. The van der Waals surface area contributed by atoms with Crippen LogP contribution in [-0.4, -0.2) is 67.9 Å². The molecule has 5 atom stereocenters. The molecule has 8 nitrogen and oxygen atoms in total. The second-order valence-corrected chi connectivity index (χ2v) is 8.64. The normalized spacial score (nSPS) is 25.4. The van der Waals surface area contributed by atoms with Crippen molar-refractivity contribution in [2.45, 2.75) is 56.9 Å². The predicted octanol–water partition coefficient (Wildman–Crippen LogP) is 1.97. The molecule has 33 heavy (non-hydrogen) atoms. The van der Waals surface area contributed by atoms with E-state index in [4.69, 9.17) is 9.47 Å². The van der Waals surface area contributed by atoms with Crippen molar-refractivity contribution in [3.05, 3.63) is 71.3 Å². The van der Waals surface area contributed by atoms with Crippen LogP contribution in [0.25, 0.3) is 11.3 Å². The van der Waals surface area contributed by atoms with Crippen LogP contribution in [0.2, 0.25) is 0 Å². The number of hydrogen-bond acceptors (Lipinski definition) is 7. The van der Waals surface area contributed by atoms with E-state index in [9.17, 15) is 20.4 Å². The predicted molar refractivity (Wildman–Crippen MR) is 122 cm³/mol. The first kappa shape index (κ1) is 23.4. The summed E-state index contributed by atoms with van der Waals surface area (Å²) in [4.78, 5) is 0. The second-order valence-electron chi connectivity index (χ2n) is 8.64. The molecular formula is C25H30N2O6. The van der Waals surface area contributed by atoms with Gasteiger partial charge in [-0.2, -0.15) is 0 Å². The van der Waals surface area contributed by atoms with Gasteiger partial charge in [0.25, 0.3) is 0 Å². The van der Waals surface area contributed by atoms with Crippen LogP contribution in [0.15, 0.2) is 54.6 Å². The Bertz CT molecular complexity index is 1030. The molecule has 1 aromatic heterocycles. The minimum Gasteiger partial charge on any atom is -0.443 e. The lowest BCUT2D eigenvalue weighted by Gasteiger charge is -2.39. The van der Waals surface area contributed by atoms with Gasteiger partial charge in [-0.05, 0) is 22.6 Å². The van der Waals surface area contributed by atoms with Crippen molar-refractivity contribution >= 4 is 0 Å². The Kier molecular flexibility index (Phi) is 7.11. The number of aromatic nitrogens is 2. The smallest absolute Gasteiger partial charge is 0.239 e. The number of hydrogen-bond donors (Lipinski definition) is 5. The number of rotatable bonds is 7. The van der Waals surface area contributed by atoms with Crippen molar-refractivity contribution in [3.8, 4) is 17.1 Å². The zero-order chi connectivity index (χ0) is 23.5. The summed E-state index contributed by atoms with van der Waals surface area (Å²) in [5.74, 6) is 0.643. The first-order valence-corrected chi connectivity index (χ1v) is 11.1. The fourth-order valence-electron chi connectivity index (χ4n) is 3.95. The third kappa shape index (κ3) is 4.95. The maximum Gasteiger partial charge on any atom is 0.239 e. The van der Waals surface area contributed by atoms with E-state index in [2.05, 4.69) is 48.3 Å². The quantitative estimate of drug-likeness (QED) is 0.369. The minimum absolute atomic E-state index is 0.214. The van der Waals surface area contributed by atoms with Gasteiger partial charge in [0.05, 0.1) is 12.3 Å². The second kappa shape index (κ2) is 10.0. The molecule has 3 aromatic rings. The van der Waals surface area contributed by atoms with E-state index in [1.165, 1.54) is 5.56 Å². The summed E-state index contributed by atoms with van der Waals surface area (Å²) < 4.78 is 11.4. The standard InChI is InChI=1S/C25H30N2O6/c1-14(2)16-10-8-15(9-11-16)12-18-20(17-6-4-3-5-7-17)26-27-24(18)33-25-23(31)22(30)21(29)19(13-28)32-25/h3-11,14,19,21-23,25,28-31H,12-13H2,1-2H3,(H,26,27)/t19-,21-,22+,23-,25+/m1/s1. The van der Waals surface area contributed by atoms with E-state index in [0.717, 1.165) is 22.4 Å². The zero-order valence-corrected chi connectivity index (χ0v) is 18.6. The molecule has 0 amide bonds. The molecule has 0 bridgehead atoms. The highest BCUT2D eigenvalue weighted by atomic mass is 16.7. The number of nitrogens with one attached hydrogen (secondary N) is 1. The number of aliphatic hydroxyl groups is 4. The number of benzene rings is 2. The molecular weight excluding hydrogens is 424 g/mol. The minimum atomic E-state index is -1.53. The average Bonchev–Trinajstić information content (AvgIpc) is 3.22. The van der Waals surface area contributed by atoms with Crippen LogP contribution >= 0.6 is 0 Å². The summed E-state index contributed by atoms with van der Waals surface area (Å²) in [7, 11) is 0. The van der Waals surface area contributed by atoms with Crippen molar-refractivity contribution < 1.29 is 29.9 Å². The van der Waals surface area contributed by atoms with Gasteiger partial charge in [0.1, 0.15) is 24.4 Å². The monoisotopic (exact) mass is 454 g/mol. The van der Waals surface area contributed by atoms with Gasteiger partial charge in [-0.1, -0.05) is 68.4 Å². The Hall–Kier alpha value is -2.75. The summed E-state index contributed by atoms with van der Waals surface area (Å²) >= 11 is 0. The van der Waals surface area contributed by atoms with Crippen LogP contribution in [-0.2, 0) is 11.2 Å². The molecule has 1 fully saturated rings. The lowest BCUT2D eigenvalue weighted by atomic mass is 9.97. The Labute approximate surface area is 192 Å². The Morgan fingerprint density at radius 3 is 2.30 bits per heavy atom. The lowest BCUT2D eigenvalue weighted by Crippen LogP contribution is -2.60. The van der Waals surface area contributed by atoms with Crippen molar-refractivity contribution in [3.63, 3.8) is 0 Å². The van der Waals surface area contributed by atoms with Crippen LogP contribution < -0.4 is 4.74 Å². The number of ether oxygens (including phenoxy) is 2. The molecule has 4 rings (SSSR count). The molecule has 1 aliphatic heterocycles. The third-order valence-corrected chi connectivity index (χ3v) is 6.00. The number of aliphatic hydroxyl groups excluding tert-OH is 4. The molecule has 0 radical (unpaired) electrons. The molecule has 0 spiro atoms. The summed E-state index contributed by atoms with van der Waals surface area (Å²) in [6.45, 7) is 3.76. The average molecular weight is 455 g/mol. The third-order valence-electron chi connectivity index (χ3n) is 6.00. The van der Waals surface area contributed by atoms with E-state index in [-0.39, 0.29) is 5.88 Å². The summed E-state index contributed by atoms with van der Waals surface area (Å²) in [6.07, 6.45) is -6.37. The van der Waals surface area contributed by atoms with E-state index >= 15 is 0 Å². The highest BCUT2D eigenvalue weighted by Crippen LogP contribution is 2.33. The highest BCUT2D eigenvalue weighted by molar-refractivity contribution is 5.66. The molecule has 2 aromatic carbocycles. The van der Waals surface area contributed by atoms with Crippen molar-refractivity contribution in [1.29, 1.82) is 0 Å². The van der Waals surface area contributed by atoms with Crippen LogP contribution in [0, 0.1) is 0 Å². The molecule has 2 heterocycles. The molecule has 176 valence electrons. The highest BCUT2D eigenvalue weighted by Gasteiger charge is 2.45. The van der Waals surface area contributed by atoms with Crippen LogP contribution in [0.3, 0.4) is 0 Å². The van der Waals surface area contributed by atoms with Crippen LogP contribution in [0.1, 0.15) is 36.5 Å². The van der Waals surface area contributed by atoms with E-state index < -0.39 is 37.3 Å². The number of H-pyrrole nitrogens is 1. The van der Waals surface area contributed by atoms with Crippen molar-refractivity contribution in [1.82, 2.24) is 10.2 Å². The van der Waals surface area contributed by atoms with Gasteiger partial charge < -0.3 is 29.9 Å². The summed E-state index contributed by atoms with van der Waals surface area (Å²) in [5, 5.41) is 47.3. The van der Waals surface area contributed by atoms with Crippen molar-refractivity contribution in [2.24, 2.45) is 0 Å². The Morgan fingerprint density at radius 2 is 1.67 bits per heavy atom. The number of nitrogens with zero attached hydrogens (tertiary/aromatic N) is 1. The molecule has 8 heteroatoms. The van der Waals surface area contributed by atoms with Gasteiger partial charge >= 0.3 is 0 Å². The molecule has 0 unspecified atom stereocenters.